The molecule has 0 bridgehead atoms. The number of allylic oxidation sites excluding steroid dienone is 1. The van der Waals surface area contributed by atoms with E-state index in [9.17, 15) is 9.59 Å². The van der Waals surface area contributed by atoms with Crippen molar-refractivity contribution in [1.29, 1.82) is 0 Å². The Bertz CT molecular complexity index is 470. The number of rotatable bonds is 5. The van der Waals surface area contributed by atoms with Crippen LogP contribution in [0.15, 0.2) is 43.0 Å². The maximum atomic E-state index is 12.0. The Morgan fingerprint density at radius 3 is 2.67 bits per heavy atom. The fourth-order valence-corrected chi connectivity index (χ4v) is 2.15. The van der Waals surface area contributed by atoms with Crippen LogP contribution in [0.1, 0.15) is 32.3 Å². The molecular formula is C17H23NO3. The Morgan fingerprint density at radius 1 is 1.38 bits per heavy atom. The standard InChI is InChI=1S/C15H17NO3.C2H6/c1-2-3-9-14(17)16-13(11-19-15(16)18)10-12-7-5-4-6-8-12;1-2/h2,4-8,13H,1,3,9-11H2;1-2H3/t13-;/m0./s1. The van der Waals surface area contributed by atoms with Crippen LogP contribution < -0.4 is 0 Å². The second-order valence-electron chi connectivity index (χ2n) is 4.51. The Morgan fingerprint density at radius 2 is 2.05 bits per heavy atom. The number of hydrogen-bond donors (Lipinski definition) is 0. The number of carbonyl (C=O) groups is 2. The van der Waals surface area contributed by atoms with Gasteiger partial charge in [-0.25, -0.2) is 9.69 Å². The van der Waals surface area contributed by atoms with E-state index in [1.165, 1.54) is 4.90 Å². The van der Waals surface area contributed by atoms with Gasteiger partial charge in [0.25, 0.3) is 0 Å². The van der Waals surface area contributed by atoms with Crippen molar-refractivity contribution in [3.8, 4) is 0 Å². The van der Waals surface area contributed by atoms with Crippen LogP contribution in [0.25, 0.3) is 0 Å². The average Bonchev–Trinajstić information content (AvgIpc) is 2.88. The Labute approximate surface area is 126 Å². The number of imide groups is 1. The minimum atomic E-state index is -0.532. The van der Waals surface area contributed by atoms with Gasteiger partial charge in [0.15, 0.2) is 0 Å². The molecule has 2 amide bonds. The van der Waals surface area contributed by atoms with Crippen LogP contribution in [-0.2, 0) is 16.0 Å². The summed E-state index contributed by atoms with van der Waals surface area (Å²) >= 11 is 0. The van der Waals surface area contributed by atoms with Crippen molar-refractivity contribution in [2.75, 3.05) is 6.61 Å². The number of cyclic esters (lactones) is 1. The highest BCUT2D eigenvalue weighted by Gasteiger charge is 2.37. The Hall–Kier alpha value is -2.10. The second-order valence-corrected chi connectivity index (χ2v) is 4.51. The van der Waals surface area contributed by atoms with E-state index in [0.29, 0.717) is 19.3 Å². The van der Waals surface area contributed by atoms with Gasteiger partial charge in [0.2, 0.25) is 5.91 Å². The molecule has 1 heterocycles. The summed E-state index contributed by atoms with van der Waals surface area (Å²) in [4.78, 5) is 24.9. The normalized spacial score (nSPS) is 16.8. The van der Waals surface area contributed by atoms with E-state index in [4.69, 9.17) is 4.74 Å². The van der Waals surface area contributed by atoms with Crippen LogP contribution in [0.3, 0.4) is 0 Å². The molecule has 0 aromatic heterocycles. The number of hydrogen-bond acceptors (Lipinski definition) is 3. The molecule has 0 spiro atoms. The van der Waals surface area contributed by atoms with Gasteiger partial charge in [-0.2, -0.15) is 0 Å². The lowest BCUT2D eigenvalue weighted by Crippen LogP contribution is -2.40. The van der Waals surface area contributed by atoms with Crippen LogP contribution in [0, 0.1) is 0 Å². The molecule has 0 radical (unpaired) electrons. The first-order valence-corrected chi connectivity index (χ1v) is 7.36. The largest absolute Gasteiger partial charge is 0.447 e. The van der Waals surface area contributed by atoms with E-state index in [1.54, 1.807) is 6.08 Å². The SMILES string of the molecule is C=CCCC(=O)N1C(=O)OC[C@@H]1Cc1ccccc1.CC. The highest BCUT2D eigenvalue weighted by molar-refractivity contribution is 5.93. The van der Waals surface area contributed by atoms with Crippen molar-refractivity contribution in [2.24, 2.45) is 0 Å². The summed E-state index contributed by atoms with van der Waals surface area (Å²) < 4.78 is 4.99. The minimum Gasteiger partial charge on any atom is -0.447 e. The molecule has 0 unspecified atom stereocenters. The van der Waals surface area contributed by atoms with E-state index in [0.717, 1.165) is 5.56 Å². The van der Waals surface area contributed by atoms with Crippen molar-refractivity contribution < 1.29 is 14.3 Å². The second kappa shape index (κ2) is 8.95. The molecule has 2 rings (SSSR count). The minimum absolute atomic E-state index is 0.191. The molecule has 4 nitrogen and oxygen atoms in total. The van der Waals surface area contributed by atoms with Gasteiger partial charge < -0.3 is 4.74 Å². The lowest BCUT2D eigenvalue weighted by Gasteiger charge is -2.19. The zero-order chi connectivity index (χ0) is 15.7. The van der Waals surface area contributed by atoms with E-state index in [2.05, 4.69) is 6.58 Å². The Balaban J connectivity index is 0.00000106. The van der Waals surface area contributed by atoms with Crippen molar-refractivity contribution in [2.45, 2.75) is 39.2 Å². The number of carbonyl (C=O) groups excluding carboxylic acids is 2. The zero-order valence-corrected chi connectivity index (χ0v) is 12.7. The lowest BCUT2D eigenvalue weighted by atomic mass is 10.1. The van der Waals surface area contributed by atoms with E-state index in [-0.39, 0.29) is 18.6 Å². The summed E-state index contributed by atoms with van der Waals surface area (Å²) in [7, 11) is 0. The third-order valence-electron chi connectivity index (χ3n) is 3.11. The first kappa shape index (κ1) is 17.0. The quantitative estimate of drug-likeness (QED) is 0.778. The molecule has 0 aliphatic carbocycles. The number of amides is 2. The summed E-state index contributed by atoms with van der Waals surface area (Å²) in [6, 6.07) is 9.58. The molecule has 1 aliphatic heterocycles. The third-order valence-corrected chi connectivity index (χ3v) is 3.11. The van der Waals surface area contributed by atoms with Crippen molar-refractivity contribution >= 4 is 12.0 Å². The summed E-state index contributed by atoms with van der Waals surface area (Å²) in [5.74, 6) is -0.191. The Kier molecular flexibility index (Phi) is 7.23. The van der Waals surface area contributed by atoms with Crippen molar-refractivity contribution in [3.05, 3.63) is 48.6 Å². The molecule has 1 aromatic carbocycles. The first-order chi connectivity index (χ1) is 10.2. The molecule has 1 fully saturated rings. The number of nitrogens with zero attached hydrogens (tertiary/aromatic N) is 1. The van der Waals surface area contributed by atoms with Gasteiger partial charge in [-0.05, 0) is 18.4 Å². The molecule has 1 atom stereocenters. The molecular weight excluding hydrogens is 266 g/mol. The number of benzene rings is 1. The summed E-state index contributed by atoms with van der Waals surface area (Å²) in [5, 5.41) is 0. The average molecular weight is 289 g/mol. The maximum absolute atomic E-state index is 12.0. The predicted octanol–water partition coefficient (Wildman–Crippen LogP) is 3.57. The van der Waals surface area contributed by atoms with Crippen LogP contribution in [-0.4, -0.2) is 29.5 Å². The highest BCUT2D eigenvalue weighted by Crippen LogP contribution is 2.18. The van der Waals surface area contributed by atoms with Gasteiger partial charge in [0.05, 0.1) is 6.04 Å². The van der Waals surface area contributed by atoms with E-state index in [1.807, 2.05) is 44.2 Å². The fourth-order valence-electron chi connectivity index (χ4n) is 2.15. The van der Waals surface area contributed by atoms with E-state index < -0.39 is 6.09 Å². The highest BCUT2D eigenvalue weighted by atomic mass is 16.6. The smallest absolute Gasteiger partial charge is 0.416 e. The zero-order valence-electron chi connectivity index (χ0n) is 12.7. The molecule has 1 aliphatic rings. The van der Waals surface area contributed by atoms with Gasteiger partial charge in [-0.15, -0.1) is 6.58 Å². The summed E-state index contributed by atoms with van der Waals surface area (Å²) in [6.07, 6.45) is 2.64. The molecule has 1 saturated heterocycles. The predicted molar refractivity (Wildman–Crippen MR) is 82.9 cm³/mol. The monoisotopic (exact) mass is 289 g/mol. The fraction of sp³-hybridized carbons (Fsp3) is 0.412. The van der Waals surface area contributed by atoms with Crippen LogP contribution in [0.4, 0.5) is 4.79 Å². The summed E-state index contributed by atoms with van der Waals surface area (Å²) in [6.45, 7) is 7.85. The van der Waals surface area contributed by atoms with Crippen molar-refractivity contribution in [1.82, 2.24) is 4.90 Å². The molecule has 0 saturated carbocycles. The van der Waals surface area contributed by atoms with Gasteiger partial charge >= 0.3 is 6.09 Å². The molecule has 0 N–H and O–H groups in total. The van der Waals surface area contributed by atoms with Crippen LogP contribution >= 0.6 is 0 Å². The molecule has 1 aromatic rings. The van der Waals surface area contributed by atoms with Crippen LogP contribution in [0.5, 0.6) is 0 Å². The van der Waals surface area contributed by atoms with Gasteiger partial charge in [-0.1, -0.05) is 50.3 Å². The lowest BCUT2D eigenvalue weighted by molar-refractivity contribution is -0.129. The summed E-state index contributed by atoms with van der Waals surface area (Å²) in [5.41, 5.74) is 1.09. The molecule has 4 heteroatoms. The van der Waals surface area contributed by atoms with Crippen molar-refractivity contribution in [3.63, 3.8) is 0 Å². The van der Waals surface area contributed by atoms with Gasteiger partial charge in [0, 0.05) is 6.42 Å². The maximum Gasteiger partial charge on any atom is 0.416 e. The number of ether oxygens (including phenoxy) is 1. The van der Waals surface area contributed by atoms with Gasteiger partial charge in [-0.3, -0.25) is 4.79 Å². The third kappa shape index (κ3) is 4.74. The van der Waals surface area contributed by atoms with Crippen LogP contribution in [0.2, 0.25) is 0 Å². The topological polar surface area (TPSA) is 46.6 Å². The molecule has 114 valence electrons. The first-order valence-electron chi connectivity index (χ1n) is 7.36. The molecule has 21 heavy (non-hydrogen) atoms. The van der Waals surface area contributed by atoms with Gasteiger partial charge in [0.1, 0.15) is 6.61 Å². The van der Waals surface area contributed by atoms with E-state index >= 15 is 0 Å².